The molecule has 2 unspecified atom stereocenters. The van der Waals surface area contributed by atoms with Crippen LogP contribution in [-0.2, 0) is 4.79 Å². The van der Waals surface area contributed by atoms with Gasteiger partial charge in [-0.15, -0.1) is 11.8 Å². The van der Waals surface area contributed by atoms with Crippen molar-refractivity contribution in [3.8, 4) is 0 Å². The van der Waals surface area contributed by atoms with Crippen molar-refractivity contribution >= 4 is 30.3 Å². The lowest BCUT2D eigenvalue weighted by molar-refractivity contribution is -0.140. The minimum Gasteiger partial charge on any atom is -0.328 e. The standard InChI is InChI=1S/C5H7NOS2/c7-3-1-4-6(3)2-5(8)9-4/h4-5,8H,1-2H2. The maximum Gasteiger partial charge on any atom is 0.226 e. The number of carbonyl (C=O) groups is 1. The second-order valence-corrected chi connectivity index (χ2v) is 4.65. The first-order chi connectivity index (χ1) is 4.27. The van der Waals surface area contributed by atoms with Crippen LogP contribution in [0.2, 0.25) is 0 Å². The summed E-state index contributed by atoms with van der Waals surface area (Å²) in [6.45, 7) is 0.845. The zero-order valence-corrected chi connectivity index (χ0v) is 6.49. The molecule has 2 rings (SSSR count). The molecule has 2 nitrogen and oxygen atoms in total. The predicted octanol–water partition coefficient (Wildman–Crippen LogP) is 0.547. The lowest BCUT2D eigenvalue weighted by atomic mass is 10.2. The van der Waals surface area contributed by atoms with Crippen LogP contribution in [0.15, 0.2) is 0 Å². The molecule has 0 spiro atoms. The Balaban J connectivity index is 2.08. The fraction of sp³-hybridized carbons (Fsp3) is 0.800. The first kappa shape index (κ1) is 5.92. The van der Waals surface area contributed by atoms with Gasteiger partial charge >= 0.3 is 0 Å². The maximum atomic E-state index is 10.7. The highest BCUT2D eigenvalue weighted by Gasteiger charge is 2.43. The van der Waals surface area contributed by atoms with Gasteiger partial charge in [-0.25, -0.2) is 0 Å². The number of hydrogen-bond acceptors (Lipinski definition) is 3. The predicted molar refractivity (Wildman–Crippen MR) is 40.5 cm³/mol. The fourth-order valence-electron chi connectivity index (χ4n) is 1.16. The number of thiol groups is 1. The second kappa shape index (κ2) is 1.83. The molecule has 0 radical (unpaired) electrons. The second-order valence-electron chi connectivity index (χ2n) is 2.30. The summed E-state index contributed by atoms with van der Waals surface area (Å²) in [5.74, 6) is 0.295. The number of carbonyl (C=O) groups excluding carboxylic acids is 1. The Hall–Kier alpha value is 0.170. The van der Waals surface area contributed by atoms with E-state index in [1.807, 2.05) is 4.90 Å². The highest BCUT2D eigenvalue weighted by Crippen LogP contribution is 2.40. The van der Waals surface area contributed by atoms with Crippen molar-refractivity contribution in [2.75, 3.05) is 6.54 Å². The van der Waals surface area contributed by atoms with Crippen molar-refractivity contribution in [2.24, 2.45) is 0 Å². The molecule has 2 heterocycles. The first-order valence-electron chi connectivity index (χ1n) is 2.90. The van der Waals surface area contributed by atoms with E-state index in [1.54, 1.807) is 11.8 Å². The molecular formula is C5H7NOS2. The number of rotatable bonds is 0. The maximum absolute atomic E-state index is 10.7. The fourth-order valence-corrected chi connectivity index (χ4v) is 2.95. The highest BCUT2D eigenvalue weighted by atomic mass is 32.2. The summed E-state index contributed by atoms with van der Waals surface area (Å²) < 4.78 is 0.362. The Morgan fingerprint density at radius 2 is 2.56 bits per heavy atom. The Bertz CT molecular complexity index is 161. The average Bonchev–Trinajstić information content (AvgIpc) is 2.08. The third kappa shape index (κ3) is 0.765. The van der Waals surface area contributed by atoms with E-state index in [1.165, 1.54) is 0 Å². The SMILES string of the molecule is O=C1CC2SC(S)CN12. The molecule has 0 aliphatic carbocycles. The molecule has 2 aliphatic heterocycles. The van der Waals surface area contributed by atoms with Crippen LogP contribution in [0.1, 0.15) is 6.42 Å². The molecule has 1 amide bonds. The van der Waals surface area contributed by atoms with Gasteiger partial charge in [0.05, 0.1) is 16.4 Å². The smallest absolute Gasteiger partial charge is 0.226 e. The van der Waals surface area contributed by atoms with Crippen molar-refractivity contribution in [2.45, 2.75) is 16.4 Å². The lowest BCUT2D eigenvalue weighted by Gasteiger charge is -2.32. The van der Waals surface area contributed by atoms with Gasteiger partial charge in [0.25, 0.3) is 0 Å². The molecule has 2 fully saturated rings. The van der Waals surface area contributed by atoms with Gasteiger partial charge in [-0.1, -0.05) is 0 Å². The summed E-state index contributed by atoms with van der Waals surface area (Å²) >= 11 is 6.05. The van der Waals surface area contributed by atoms with Crippen LogP contribution in [0.3, 0.4) is 0 Å². The normalized spacial score (nSPS) is 40.6. The molecule has 0 bridgehead atoms. The molecule has 0 saturated carbocycles. The zero-order valence-electron chi connectivity index (χ0n) is 4.78. The largest absolute Gasteiger partial charge is 0.328 e. The first-order valence-corrected chi connectivity index (χ1v) is 4.36. The topological polar surface area (TPSA) is 20.3 Å². The van der Waals surface area contributed by atoms with Crippen LogP contribution in [0.5, 0.6) is 0 Å². The third-order valence-corrected chi connectivity index (χ3v) is 3.41. The van der Waals surface area contributed by atoms with Crippen LogP contribution >= 0.6 is 24.4 Å². The summed E-state index contributed by atoms with van der Waals surface area (Å²) in [5.41, 5.74) is 0. The van der Waals surface area contributed by atoms with Crippen LogP contribution < -0.4 is 0 Å². The Morgan fingerprint density at radius 3 is 3.00 bits per heavy atom. The van der Waals surface area contributed by atoms with E-state index in [-0.39, 0.29) is 0 Å². The summed E-state index contributed by atoms with van der Waals surface area (Å²) in [6, 6.07) is 0. The minimum atomic E-state index is 0.295. The molecule has 0 aromatic rings. The monoisotopic (exact) mass is 161 g/mol. The van der Waals surface area contributed by atoms with E-state index >= 15 is 0 Å². The molecule has 0 aromatic heterocycles. The van der Waals surface area contributed by atoms with Crippen LogP contribution in [0.25, 0.3) is 0 Å². The van der Waals surface area contributed by atoms with Crippen molar-refractivity contribution < 1.29 is 4.79 Å². The van der Waals surface area contributed by atoms with Crippen LogP contribution in [0, 0.1) is 0 Å². The molecule has 0 N–H and O–H groups in total. The number of amides is 1. The van der Waals surface area contributed by atoms with Gasteiger partial charge in [0.2, 0.25) is 5.91 Å². The molecule has 2 aliphatic rings. The number of β-lactam (4-membered cyclic amide) rings is 1. The van der Waals surface area contributed by atoms with Gasteiger partial charge in [-0.3, -0.25) is 4.79 Å². The van der Waals surface area contributed by atoms with Gasteiger partial charge in [-0.05, 0) is 0 Å². The summed E-state index contributed by atoms with van der Waals surface area (Å²) in [4.78, 5) is 12.6. The van der Waals surface area contributed by atoms with Gasteiger partial charge in [-0.2, -0.15) is 12.6 Å². The summed E-state index contributed by atoms with van der Waals surface area (Å²) in [7, 11) is 0. The lowest BCUT2D eigenvalue weighted by Crippen LogP contribution is -2.47. The van der Waals surface area contributed by atoms with Crippen molar-refractivity contribution in [1.29, 1.82) is 0 Å². The number of nitrogens with zero attached hydrogens (tertiary/aromatic N) is 1. The summed E-state index contributed by atoms with van der Waals surface area (Å²) in [6.07, 6.45) is 0.738. The molecule has 9 heavy (non-hydrogen) atoms. The zero-order chi connectivity index (χ0) is 6.43. The number of hydrogen-bond donors (Lipinski definition) is 1. The third-order valence-electron chi connectivity index (χ3n) is 1.68. The van der Waals surface area contributed by atoms with E-state index in [0.29, 0.717) is 15.9 Å². The van der Waals surface area contributed by atoms with Crippen LogP contribution in [0.4, 0.5) is 0 Å². The Morgan fingerprint density at radius 1 is 1.78 bits per heavy atom. The molecule has 50 valence electrons. The van der Waals surface area contributed by atoms with Gasteiger partial charge in [0.1, 0.15) is 0 Å². The average molecular weight is 161 g/mol. The number of thioether (sulfide) groups is 1. The molecule has 0 aromatic carbocycles. The molecule has 2 saturated heterocycles. The highest BCUT2D eigenvalue weighted by molar-refractivity contribution is 8.11. The van der Waals surface area contributed by atoms with Crippen molar-refractivity contribution in [1.82, 2.24) is 4.90 Å². The molecular weight excluding hydrogens is 154 g/mol. The van der Waals surface area contributed by atoms with Gasteiger partial charge in [0, 0.05) is 6.54 Å². The molecule has 2 atom stereocenters. The van der Waals surface area contributed by atoms with E-state index in [4.69, 9.17) is 0 Å². The van der Waals surface area contributed by atoms with Crippen molar-refractivity contribution in [3.05, 3.63) is 0 Å². The Labute approximate surface area is 63.4 Å². The van der Waals surface area contributed by atoms with E-state index in [9.17, 15) is 4.79 Å². The Kier molecular flexibility index (Phi) is 1.20. The van der Waals surface area contributed by atoms with Crippen molar-refractivity contribution in [3.63, 3.8) is 0 Å². The molecule has 4 heteroatoms. The van der Waals surface area contributed by atoms with Gasteiger partial charge < -0.3 is 4.90 Å². The van der Waals surface area contributed by atoms with E-state index < -0.39 is 0 Å². The van der Waals surface area contributed by atoms with E-state index in [2.05, 4.69) is 12.6 Å². The quantitative estimate of drug-likeness (QED) is 0.413. The van der Waals surface area contributed by atoms with Gasteiger partial charge in [0.15, 0.2) is 0 Å². The van der Waals surface area contributed by atoms with E-state index in [0.717, 1.165) is 13.0 Å². The number of fused-ring (bicyclic) bond motifs is 1. The van der Waals surface area contributed by atoms with Crippen LogP contribution in [-0.4, -0.2) is 27.3 Å². The summed E-state index contributed by atoms with van der Waals surface area (Å²) in [5, 5.41) is 0.472. The minimum absolute atomic E-state index is 0.295.